The van der Waals surface area contributed by atoms with Crippen LogP contribution in [0.5, 0.6) is 0 Å². The van der Waals surface area contributed by atoms with Crippen LogP contribution in [-0.4, -0.2) is 41.6 Å². The predicted molar refractivity (Wildman–Crippen MR) is 230 cm³/mol. The number of nitrogens with two attached hydrogens (primary N) is 1. The quantitative estimate of drug-likeness (QED) is 0.0324. The highest BCUT2D eigenvalue weighted by molar-refractivity contribution is 5.83. The second-order valence-corrected chi connectivity index (χ2v) is 15.5. The van der Waals surface area contributed by atoms with Crippen LogP contribution in [0.25, 0.3) is 0 Å². The van der Waals surface area contributed by atoms with E-state index in [-0.39, 0.29) is 18.0 Å². The van der Waals surface area contributed by atoms with E-state index in [4.69, 9.17) is 10.5 Å². The SMILES string of the molecule is CCCCCCC/C=C\C/C=C\CCCC(CCCCCCCC(=O)NC(CCCN)C(=O)O)OC(=O)CCCCCCC/C=C\CCCCCCCC. The molecule has 0 saturated heterocycles. The molecule has 0 aliphatic heterocycles. The maximum Gasteiger partial charge on any atom is 0.326 e. The lowest BCUT2D eigenvalue weighted by atomic mass is 10.0. The minimum Gasteiger partial charge on any atom is -0.480 e. The minimum atomic E-state index is -1.01. The van der Waals surface area contributed by atoms with Crippen LogP contribution in [0.2, 0.25) is 0 Å². The number of ether oxygens (including phenoxy) is 1. The van der Waals surface area contributed by atoms with Gasteiger partial charge in [0.15, 0.2) is 0 Å². The fraction of sp³-hybridized carbons (Fsp3) is 0.809. The molecule has 0 bridgehead atoms. The average molecular weight is 759 g/mol. The Balaban J connectivity index is 4.39. The van der Waals surface area contributed by atoms with Gasteiger partial charge in [-0.2, -0.15) is 0 Å². The lowest BCUT2D eigenvalue weighted by Gasteiger charge is -2.18. The first kappa shape index (κ1) is 51.6. The van der Waals surface area contributed by atoms with E-state index in [1.807, 2.05) is 0 Å². The van der Waals surface area contributed by atoms with Gasteiger partial charge in [-0.3, -0.25) is 9.59 Å². The van der Waals surface area contributed by atoms with Crippen molar-refractivity contribution in [1.29, 1.82) is 0 Å². The van der Waals surface area contributed by atoms with E-state index in [0.29, 0.717) is 32.2 Å². The lowest BCUT2D eigenvalue weighted by molar-refractivity contribution is -0.150. The molecule has 314 valence electrons. The van der Waals surface area contributed by atoms with Crippen LogP contribution in [0.3, 0.4) is 0 Å². The third kappa shape index (κ3) is 37.9. The van der Waals surface area contributed by atoms with E-state index < -0.39 is 12.0 Å². The maximum absolute atomic E-state index is 12.8. The van der Waals surface area contributed by atoms with Gasteiger partial charge in [0.1, 0.15) is 12.1 Å². The first-order chi connectivity index (χ1) is 26.4. The summed E-state index contributed by atoms with van der Waals surface area (Å²) >= 11 is 0. The third-order valence-electron chi connectivity index (χ3n) is 10.2. The minimum absolute atomic E-state index is 0.0334. The van der Waals surface area contributed by atoms with Crippen molar-refractivity contribution < 1.29 is 24.2 Å². The summed E-state index contributed by atoms with van der Waals surface area (Å²) in [5, 5.41) is 11.9. The molecule has 0 heterocycles. The fourth-order valence-corrected chi connectivity index (χ4v) is 6.72. The van der Waals surface area contributed by atoms with Gasteiger partial charge in [0.25, 0.3) is 0 Å². The average Bonchev–Trinajstić information content (AvgIpc) is 3.16. The number of aliphatic carboxylic acids is 1. The molecule has 0 spiro atoms. The molecule has 1 amide bonds. The van der Waals surface area contributed by atoms with Crippen LogP contribution in [0, 0.1) is 0 Å². The predicted octanol–water partition coefficient (Wildman–Crippen LogP) is 13.0. The lowest BCUT2D eigenvalue weighted by Crippen LogP contribution is -2.40. The zero-order valence-corrected chi connectivity index (χ0v) is 35.3. The Kier molecular flexibility index (Phi) is 39.9. The number of carbonyl (C=O) groups excluding carboxylic acids is 2. The number of unbranched alkanes of at least 4 members (excludes halogenated alkanes) is 21. The molecular weight excluding hydrogens is 673 g/mol. The second kappa shape index (κ2) is 41.7. The summed E-state index contributed by atoms with van der Waals surface area (Å²) in [5.74, 6) is -1.27. The van der Waals surface area contributed by atoms with Crippen molar-refractivity contribution in [2.24, 2.45) is 5.73 Å². The highest BCUT2D eigenvalue weighted by Crippen LogP contribution is 2.18. The molecule has 0 rings (SSSR count). The van der Waals surface area contributed by atoms with Gasteiger partial charge in [0, 0.05) is 12.8 Å². The summed E-state index contributed by atoms with van der Waals surface area (Å²) in [5.41, 5.74) is 5.49. The number of amides is 1. The van der Waals surface area contributed by atoms with Gasteiger partial charge in [-0.15, -0.1) is 0 Å². The van der Waals surface area contributed by atoms with Crippen molar-refractivity contribution in [3.63, 3.8) is 0 Å². The number of carboxylic acids is 1. The molecule has 0 saturated carbocycles. The van der Waals surface area contributed by atoms with Crippen LogP contribution in [0.1, 0.15) is 226 Å². The Morgan fingerprint density at radius 1 is 0.537 bits per heavy atom. The van der Waals surface area contributed by atoms with Gasteiger partial charge in [-0.05, 0) is 109 Å². The smallest absolute Gasteiger partial charge is 0.326 e. The van der Waals surface area contributed by atoms with Crippen LogP contribution in [0.15, 0.2) is 36.5 Å². The molecule has 0 aliphatic rings. The van der Waals surface area contributed by atoms with Crippen molar-refractivity contribution in [3.05, 3.63) is 36.5 Å². The van der Waals surface area contributed by atoms with Crippen LogP contribution >= 0.6 is 0 Å². The van der Waals surface area contributed by atoms with E-state index in [1.165, 1.54) is 109 Å². The van der Waals surface area contributed by atoms with Crippen LogP contribution < -0.4 is 11.1 Å². The van der Waals surface area contributed by atoms with Crippen molar-refractivity contribution >= 4 is 17.8 Å². The Bertz CT molecular complexity index is 946. The Morgan fingerprint density at radius 2 is 0.981 bits per heavy atom. The highest BCUT2D eigenvalue weighted by atomic mass is 16.5. The molecule has 0 aliphatic carbocycles. The van der Waals surface area contributed by atoms with Gasteiger partial charge in [-0.25, -0.2) is 4.79 Å². The van der Waals surface area contributed by atoms with Gasteiger partial charge >= 0.3 is 11.9 Å². The van der Waals surface area contributed by atoms with Crippen LogP contribution in [-0.2, 0) is 19.1 Å². The van der Waals surface area contributed by atoms with Gasteiger partial charge in [0.2, 0.25) is 5.91 Å². The molecule has 0 aromatic carbocycles. The molecule has 2 atom stereocenters. The summed E-state index contributed by atoms with van der Waals surface area (Å²) < 4.78 is 6.03. The summed E-state index contributed by atoms with van der Waals surface area (Å²) in [6.45, 7) is 4.93. The number of carbonyl (C=O) groups is 3. The number of nitrogens with one attached hydrogen (secondary N) is 1. The Hall–Kier alpha value is -2.41. The third-order valence-corrected chi connectivity index (χ3v) is 10.2. The van der Waals surface area contributed by atoms with Crippen molar-refractivity contribution in [2.45, 2.75) is 238 Å². The summed E-state index contributed by atoms with van der Waals surface area (Å²) in [4.78, 5) is 36.4. The van der Waals surface area contributed by atoms with Crippen molar-refractivity contribution in [2.75, 3.05) is 6.54 Å². The van der Waals surface area contributed by atoms with Gasteiger partial charge < -0.3 is 20.9 Å². The molecule has 0 aromatic rings. The number of rotatable bonds is 41. The van der Waals surface area contributed by atoms with E-state index >= 15 is 0 Å². The van der Waals surface area contributed by atoms with E-state index in [1.54, 1.807) is 0 Å². The van der Waals surface area contributed by atoms with Gasteiger partial charge in [0.05, 0.1) is 0 Å². The van der Waals surface area contributed by atoms with E-state index in [0.717, 1.165) is 77.0 Å². The Labute approximate surface area is 333 Å². The molecule has 7 heteroatoms. The standard InChI is InChI=1S/C47H86N2O5/c1-3-5-7-9-11-13-15-17-18-20-22-24-26-31-35-41-46(51)54-43(37-32-28-25-23-21-19-16-14-12-10-8-6-4-2)38-33-29-27-30-34-40-45(50)49-44(47(52)53)39-36-42-48/h16-19,23,25,43-44H,3-15,20-22,24,26-42,48H2,1-2H3,(H,49,50)(H,52,53)/b18-17-,19-16-,25-23-. The number of allylic oxidation sites excluding steroid dienone is 6. The molecule has 4 N–H and O–H groups in total. The first-order valence-corrected chi connectivity index (χ1v) is 22.8. The zero-order chi connectivity index (χ0) is 39.6. The molecule has 0 radical (unpaired) electrons. The zero-order valence-electron chi connectivity index (χ0n) is 35.3. The summed E-state index contributed by atoms with van der Waals surface area (Å²) in [6, 6.07) is -0.861. The molecular formula is C47H86N2O5. The van der Waals surface area contributed by atoms with E-state index in [9.17, 15) is 19.5 Å². The first-order valence-electron chi connectivity index (χ1n) is 22.8. The number of hydrogen-bond acceptors (Lipinski definition) is 5. The molecule has 0 aromatic heterocycles. The number of hydrogen-bond donors (Lipinski definition) is 3. The summed E-state index contributed by atoms with van der Waals surface area (Å²) in [6.07, 6.45) is 49.0. The molecule has 0 fully saturated rings. The highest BCUT2D eigenvalue weighted by Gasteiger charge is 2.19. The Morgan fingerprint density at radius 3 is 1.52 bits per heavy atom. The molecule has 7 nitrogen and oxygen atoms in total. The second-order valence-electron chi connectivity index (χ2n) is 15.5. The monoisotopic (exact) mass is 759 g/mol. The largest absolute Gasteiger partial charge is 0.480 e. The van der Waals surface area contributed by atoms with Crippen molar-refractivity contribution in [1.82, 2.24) is 5.32 Å². The molecule has 54 heavy (non-hydrogen) atoms. The van der Waals surface area contributed by atoms with Gasteiger partial charge in [-0.1, -0.05) is 147 Å². The maximum atomic E-state index is 12.8. The summed E-state index contributed by atoms with van der Waals surface area (Å²) in [7, 11) is 0. The fourth-order valence-electron chi connectivity index (χ4n) is 6.72. The van der Waals surface area contributed by atoms with E-state index in [2.05, 4.69) is 55.6 Å². The van der Waals surface area contributed by atoms with Crippen molar-refractivity contribution in [3.8, 4) is 0 Å². The topological polar surface area (TPSA) is 119 Å². The number of esters is 1. The number of carboxylic acid groups (broad SMARTS) is 1. The molecule has 2 unspecified atom stereocenters. The van der Waals surface area contributed by atoms with Crippen LogP contribution in [0.4, 0.5) is 0 Å². The normalized spacial score (nSPS) is 12.9.